The molecule has 5 rings (SSSR count). The summed E-state index contributed by atoms with van der Waals surface area (Å²) in [5.41, 5.74) is 9.84. The number of hydrogen-bond acceptors (Lipinski definition) is 5. The van der Waals surface area contributed by atoms with E-state index in [2.05, 4.69) is 94.9 Å². The topological polar surface area (TPSA) is 54.2 Å². The van der Waals surface area contributed by atoms with Crippen molar-refractivity contribution in [2.45, 2.75) is 18.9 Å². The molecule has 2 unspecified atom stereocenters. The summed E-state index contributed by atoms with van der Waals surface area (Å²) in [7, 11) is 0. The molecule has 158 valence electrons. The van der Waals surface area contributed by atoms with Gasteiger partial charge in [0.1, 0.15) is 0 Å². The molecule has 0 radical (unpaired) electrons. The van der Waals surface area contributed by atoms with Crippen molar-refractivity contribution in [3.63, 3.8) is 0 Å². The number of benzene rings is 3. The highest BCUT2D eigenvalue weighted by atomic mass is 32.1. The van der Waals surface area contributed by atoms with Crippen molar-refractivity contribution >= 4 is 27.2 Å². The second-order valence-corrected chi connectivity index (χ2v) is 9.53. The van der Waals surface area contributed by atoms with Gasteiger partial charge in [-0.25, -0.2) is 4.98 Å². The zero-order chi connectivity index (χ0) is 21.2. The van der Waals surface area contributed by atoms with Crippen molar-refractivity contribution in [3.05, 3.63) is 94.5 Å². The SMILES string of the molecule is Cc1sc(N)nc1C1CN(CC(c2ccccc2)c2cccc3ccccc23)CCN1. The number of hydrogen-bond donors (Lipinski definition) is 2. The predicted octanol–water partition coefficient (Wildman–Crippen LogP) is 4.97. The van der Waals surface area contributed by atoms with Gasteiger partial charge in [-0.2, -0.15) is 0 Å². The first-order valence-corrected chi connectivity index (χ1v) is 11.7. The van der Waals surface area contributed by atoms with Gasteiger partial charge in [-0.15, -0.1) is 11.3 Å². The molecule has 2 atom stereocenters. The Morgan fingerprint density at radius 3 is 2.65 bits per heavy atom. The van der Waals surface area contributed by atoms with Gasteiger partial charge in [0.05, 0.1) is 11.7 Å². The van der Waals surface area contributed by atoms with E-state index in [4.69, 9.17) is 5.73 Å². The van der Waals surface area contributed by atoms with Gasteiger partial charge in [0.15, 0.2) is 5.13 Å². The summed E-state index contributed by atoms with van der Waals surface area (Å²) >= 11 is 1.58. The average molecular weight is 429 g/mol. The molecule has 1 fully saturated rings. The summed E-state index contributed by atoms with van der Waals surface area (Å²) < 4.78 is 0. The zero-order valence-electron chi connectivity index (χ0n) is 17.8. The van der Waals surface area contributed by atoms with E-state index < -0.39 is 0 Å². The maximum Gasteiger partial charge on any atom is 0.180 e. The van der Waals surface area contributed by atoms with E-state index in [9.17, 15) is 0 Å². The van der Waals surface area contributed by atoms with Crippen LogP contribution in [0.5, 0.6) is 0 Å². The van der Waals surface area contributed by atoms with Crippen molar-refractivity contribution in [2.24, 2.45) is 0 Å². The molecule has 4 aromatic rings. The van der Waals surface area contributed by atoms with Crippen LogP contribution in [-0.2, 0) is 0 Å². The quantitative estimate of drug-likeness (QED) is 0.471. The van der Waals surface area contributed by atoms with E-state index in [1.165, 1.54) is 26.8 Å². The predicted molar refractivity (Wildman–Crippen MR) is 131 cm³/mol. The monoisotopic (exact) mass is 428 g/mol. The maximum atomic E-state index is 5.97. The van der Waals surface area contributed by atoms with Crippen LogP contribution in [0.25, 0.3) is 10.8 Å². The first-order valence-electron chi connectivity index (χ1n) is 10.9. The van der Waals surface area contributed by atoms with Gasteiger partial charge in [0.2, 0.25) is 0 Å². The lowest BCUT2D eigenvalue weighted by Crippen LogP contribution is -2.47. The van der Waals surface area contributed by atoms with Crippen molar-refractivity contribution in [1.82, 2.24) is 15.2 Å². The van der Waals surface area contributed by atoms with E-state index in [0.29, 0.717) is 11.0 Å². The highest BCUT2D eigenvalue weighted by Crippen LogP contribution is 2.33. The van der Waals surface area contributed by atoms with Crippen LogP contribution in [0.4, 0.5) is 5.13 Å². The molecule has 31 heavy (non-hydrogen) atoms. The number of aromatic nitrogens is 1. The van der Waals surface area contributed by atoms with Crippen molar-refractivity contribution < 1.29 is 0 Å². The van der Waals surface area contributed by atoms with E-state index in [1.54, 1.807) is 11.3 Å². The molecule has 5 heteroatoms. The van der Waals surface area contributed by atoms with Crippen LogP contribution in [0, 0.1) is 6.92 Å². The van der Waals surface area contributed by atoms with E-state index >= 15 is 0 Å². The second-order valence-electron chi connectivity index (χ2n) is 8.29. The number of piperazine rings is 1. The fourth-order valence-electron chi connectivity index (χ4n) is 4.79. The minimum Gasteiger partial charge on any atom is -0.375 e. The van der Waals surface area contributed by atoms with Crippen LogP contribution >= 0.6 is 11.3 Å². The van der Waals surface area contributed by atoms with Gasteiger partial charge < -0.3 is 11.1 Å². The Bertz CT molecular complexity index is 1170. The number of nitrogen functional groups attached to an aromatic ring is 1. The molecule has 2 heterocycles. The van der Waals surface area contributed by atoms with Crippen LogP contribution in [0.2, 0.25) is 0 Å². The van der Waals surface area contributed by atoms with Crippen LogP contribution in [0.15, 0.2) is 72.8 Å². The number of rotatable bonds is 5. The Balaban J connectivity index is 1.47. The van der Waals surface area contributed by atoms with E-state index in [0.717, 1.165) is 31.9 Å². The highest BCUT2D eigenvalue weighted by molar-refractivity contribution is 7.15. The largest absolute Gasteiger partial charge is 0.375 e. The van der Waals surface area contributed by atoms with E-state index in [1.807, 2.05) is 0 Å². The summed E-state index contributed by atoms with van der Waals surface area (Å²) in [6.45, 7) is 6.03. The molecule has 4 nitrogen and oxygen atoms in total. The van der Waals surface area contributed by atoms with Gasteiger partial charge >= 0.3 is 0 Å². The van der Waals surface area contributed by atoms with Crippen molar-refractivity contribution in [3.8, 4) is 0 Å². The third-order valence-corrected chi connectivity index (χ3v) is 7.10. The molecular weight excluding hydrogens is 400 g/mol. The molecule has 0 spiro atoms. The van der Waals surface area contributed by atoms with Crippen LogP contribution < -0.4 is 11.1 Å². The standard InChI is InChI=1S/C26H28N4S/c1-18-25(29-26(27)31-18)24-17-30(15-14-28-24)16-23(20-8-3-2-4-9-20)22-13-7-11-19-10-5-6-12-21(19)22/h2-13,23-24,28H,14-17H2,1H3,(H2,27,29). The van der Waals surface area contributed by atoms with Crippen molar-refractivity contribution in [1.29, 1.82) is 0 Å². The smallest absolute Gasteiger partial charge is 0.180 e. The maximum absolute atomic E-state index is 5.97. The second kappa shape index (κ2) is 8.79. The Morgan fingerprint density at radius 1 is 1.06 bits per heavy atom. The number of fused-ring (bicyclic) bond motifs is 1. The molecule has 0 aliphatic carbocycles. The summed E-state index contributed by atoms with van der Waals surface area (Å²) in [4.78, 5) is 8.40. The Morgan fingerprint density at radius 2 is 1.84 bits per heavy atom. The summed E-state index contributed by atoms with van der Waals surface area (Å²) in [5, 5.41) is 6.95. The average Bonchev–Trinajstić information content (AvgIpc) is 3.16. The molecule has 3 N–H and O–H groups in total. The summed E-state index contributed by atoms with van der Waals surface area (Å²) in [6, 6.07) is 26.6. The first-order chi connectivity index (χ1) is 15.2. The molecule has 0 amide bonds. The lowest BCUT2D eigenvalue weighted by molar-refractivity contribution is 0.194. The van der Waals surface area contributed by atoms with Gasteiger partial charge in [-0.3, -0.25) is 4.90 Å². The van der Waals surface area contributed by atoms with Gasteiger partial charge in [0.25, 0.3) is 0 Å². The Labute approximate surface area is 187 Å². The Kier molecular flexibility index (Phi) is 5.72. The highest BCUT2D eigenvalue weighted by Gasteiger charge is 2.27. The number of nitrogens with zero attached hydrogens (tertiary/aromatic N) is 2. The number of nitrogens with two attached hydrogens (primary N) is 1. The molecule has 3 aromatic carbocycles. The minimum absolute atomic E-state index is 0.228. The fraction of sp³-hybridized carbons (Fsp3) is 0.269. The third-order valence-electron chi connectivity index (χ3n) is 6.28. The summed E-state index contributed by atoms with van der Waals surface area (Å²) in [6.07, 6.45) is 0. The number of anilines is 1. The number of nitrogens with one attached hydrogen (secondary N) is 1. The molecular formula is C26H28N4S. The first kappa shape index (κ1) is 20.2. The van der Waals surface area contributed by atoms with Gasteiger partial charge in [-0.05, 0) is 28.8 Å². The Hall–Kier alpha value is -2.73. The molecule has 1 aliphatic heterocycles. The lowest BCUT2D eigenvalue weighted by atomic mass is 9.87. The van der Waals surface area contributed by atoms with E-state index in [-0.39, 0.29) is 6.04 Å². The molecule has 1 aliphatic rings. The van der Waals surface area contributed by atoms with Crippen LogP contribution in [-0.4, -0.2) is 36.1 Å². The zero-order valence-corrected chi connectivity index (χ0v) is 18.6. The molecule has 1 saturated heterocycles. The summed E-state index contributed by atoms with van der Waals surface area (Å²) in [5.74, 6) is 0.313. The normalized spacial score (nSPS) is 18.3. The number of aryl methyl sites for hydroxylation is 1. The fourth-order valence-corrected chi connectivity index (χ4v) is 5.54. The van der Waals surface area contributed by atoms with Gasteiger partial charge in [-0.1, -0.05) is 72.8 Å². The molecule has 1 aromatic heterocycles. The third kappa shape index (κ3) is 4.22. The van der Waals surface area contributed by atoms with Crippen molar-refractivity contribution in [2.75, 3.05) is 31.9 Å². The van der Waals surface area contributed by atoms with Crippen LogP contribution in [0.3, 0.4) is 0 Å². The molecule has 0 bridgehead atoms. The van der Waals surface area contributed by atoms with Crippen LogP contribution in [0.1, 0.15) is 33.7 Å². The molecule has 0 saturated carbocycles. The van der Waals surface area contributed by atoms with Gasteiger partial charge in [0, 0.05) is 37.0 Å². The lowest BCUT2D eigenvalue weighted by Gasteiger charge is -2.36. The minimum atomic E-state index is 0.228. The number of thiazole rings is 1.